The molecule has 3 nitrogen and oxygen atoms in total. The van der Waals surface area contributed by atoms with Gasteiger partial charge in [0, 0.05) is 13.1 Å². The summed E-state index contributed by atoms with van der Waals surface area (Å²) in [7, 11) is 0. The number of nitrogens with one attached hydrogen (secondary N) is 1. The van der Waals surface area contributed by atoms with E-state index in [4.69, 9.17) is 4.74 Å². The van der Waals surface area contributed by atoms with Crippen LogP contribution in [0.5, 0.6) is 0 Å². The molecule has 1 fully saturated rings. The Morgan fingerprint density at radius 2 is 2.07 bits per heavy atom. The van der Waals surface area contributed by atoms with E-state index in [-0.39, 0.29) is 0 Å². The lowest BCUT2D eigenvalue weighted by Gasteiger charge is -2.26. The summed E-state index contributed by atoms with van der Waals surface area (Å²) in [6.45, 7) is 11.1. The van der Waals surface area contributed by atoms with E-state index in [1.54, 1.807) is 0 Å². The van der Waals surface area contributed by atoms with Gasteiger partial charge in [0.2, 0.25) is 0 Å². The average Bonchev–Trinajstić information content (AvgIpc) is 2.25. The standard InChI is InChI=1S/C11H22N2O/c1-2-3-5-12-6-4-7-13-8-10-14-11-9-13/h2,12H,1,3-11H2. The van der Waals surface area contributed by atoms with Gasteiger partial charge in [-0.15, -0.1) is 6.58 Å². The van der Waals surface area contributed by atoms with Gasteiger partial charge in [0.15, 0.2) is 0 Å². The van der Waals surface area contributed by atoms with Crippen molar-refractivity contribution in [3.63, 3.8) is 0 Å². The number of morpholine rings is 1. The molecule has 0 unspecified atom stereocenters. The number of nitrogens with zero attached hydrogens (tertiary/aromatic N) is 1. The van der Waals surface area contributed by atoms with Gasteiger partial charge in [-0.1, -0.05) is 6.08 Å². The molecule has 0 bridgehead atoms. The smallest absolute Gasteiger partial charge is 0.0594 e. The van der Waals surface area contributed by atoms with Crippen LogP contribution < -0.4 is 5.32 Å². The van der Waals surface area contributed by atoms with Crippen molar-refractivity contribution >= 4 is 0 Å². The van der Waals surface area contributed by atoms with E-state index in [2.05, 4.69) is 16.8 Å². The molecule has 0 aromatic carbocycles. The van der Waals surface area contributed by atoms with Gasteiger partial charge in [-0.25, -0.2) is 0 Å². The molecule has 0 radical (unpaired) electrons. The molecule has 1 aliphatic heterocycles. The van der Waals surface area contributed by atoms with Gasteiger partial charge in [0.1, 0.15) is 0 Å². The largest absolute Gasteiger partial charge is 0.379 e. The molecule has 1 rings (SSSR count). The second kappa shape index (κ2) is 7.97. The maximum absolute atomic E-state index is 5.29. The van der Waals surface area contributed by atoms with Crippen molar-refractivity contribution in [1.29, 1.82) is 0 Å². The van der Waals surface area contributed by atoms with Crippen LogP contribution in [0.1, 0.15) is 12.8 Å². The van der Waals surface area contributed by atoms with Crippen LogP contribution in [-0.4, -0.2) is 50.8 Å². The molecule has 82 valence electrons. The van der Waals surface area contributed by atoms with Crippen molar-refractivity contribution in [2.24, 2.45) is 0 Å². The fourth-order valence-electron chi connectivity index (χ4n) is 1.58. The molecule has 1 aliphatic rings. The lowest BCUT2D eigenvalue weighted by atomic mass is 10.3. The SMILES string of the molecule is C=CCCNCCCN1CCOCC1. The van der Waals surface area contributed by atoms with Gasteiger partial charge >= 0.3 is 0 Å². The molecule has 0 amide bonds. The minimum atomic E-state index is 0.907. The second-order valence-corrected chi connectivity index (χ2v) is 3.63. The van der Waals surface area contributed by atoms with Crippen molar-refractivity contribution < 1.29 is 4.74 Å². The summed E-state index contributed by atoms with van der Waals surface area (Å²) < 4.78 is 5.29. The molecule has 0 atom stereocenters. The summed E-state index contributed by atoms with van der Waals surface area (Å²) in [6.07, 6.45) is 4.25. The van der Waals surface area contributed by atoms with Gasteiger partial charge in [-0.2, -0.15) is 0 Å². The van der Waals surface area contributed by atoms with Crippen LogP contribution in [-0.2, 0) is 4.74 Å². The maximum Gasteiger partial charge on any atom is 0.0594 e. The van der Waals surface area contributed by atoms with Crippen LogP contribution in [0.15, 0.2) is 12.7 Å². The second-order valence-electron chi connectivity index (χ2n) is 3.63. The first-order valence-corrected chi connectivity index (χ1v) is 5.55. The van der Waals surface area contributed by atoms with Crippen LogP contribution >= 0.6 is 0 Å². The molecule has 1 saturated heterocycles. The average molecular weight is 198 g/mol. The quantitative estimate of drug-likeness (QED) is 0.485. The highest BCUT2D eigenvalue weighted by molar-refractivity contribution is 4.68. The molecule has 0 saturated carbocycles. The Kier molecular flexibility index (Phi) is 6.66. The number of hydrogen-bond acceptors (Lipinski definition) is 3. The van der Waals surface area contributed by atoms with E-state index in [0.29, 0.717) is 0 Å². The van der Waals surface area contributed by atoms with Gasteiger partial charge in [0.05, 0.1) is 13.2 Å². The molecule has 14 heavy (non-hydrogen) atoms. The van der Waals surface area contributed by atoms with E-state index in [1.807, 2.05) is 6.08 Å². The summed E-state index contributed by atoms with van der Waals surface area (Å²) in [5, 5.41) is 3.40. The fourth-order valence-corrected chi connectivity index (χ4v) is 1.58. The first-order chi connectivity index (χ1) is 6.93. The van der Waals surface area contributed by atoms with Crippen molar-refractivity contribution in [2.45, 2.75) is 12.8 Å². The Hall–Kier alpha value is -0.380. The summed E-state index contributed by atoms with van der Waals surface area (Å²) in [5.41, 5.74) is 0. The third kappa shape index (κ3) is 5.37. The molecular weight excluding hydrogens is 176 g/mol. The Balaban J connectivity index is 1.85. The molecule has 1 N–H and O–H groups in total. The maximum atomic E-state index is 5.29. The van der Waals surface area contributed by atoms with Gasteiger partial charge in [0.25, 0.3) is 0 Å². The highest BCUT2D eigenvalue weighted by atomic mass is 16.5. The van der Waals surface area contributed by atoms with E-state index in [1.165, 1.54) is 13.0 Å². The zero-order chi connectivity index (χ0) is 10.1. The summed E-state index contributed by atoms with van der Waals surface area (Å²) in [5.74, 6) is 0. The lowest BCUT2D eigenvalue weighted by Crippen LogP contribution is -2.37. The molecule has 0 aliphatic carbocycles. The highest BCUT2D eigenvalue weighted by Gasteiger charge is 2.08. The van der Waals surface area contributed by atoms with Crippen LogP contribution in [0.25, 0.3) is 0 Å². The van der Waals surface area contributed by atoms with E-state index >= 15 is 0 Å². The van der Waals surface area contributed by atoms with E-state index in [9.17, 15) is 0 Å². The minimum absolute atomic E-state index is 0.907. The van der Waals surface area contributed by atoms with Crippen LogP contribution in [0.3, 0.4) is 0 Å². The molecule has 0 aromatic rings. The molecular formula is C11H22N2O. The van der Waals surface area contributed by atoms with Gasteiger partial charge in [-0.05, 0) is 32.5 Å². The number of ether oxygens (including phenoxy) is 1. The Morgan fingerprint density at radius 1 is 1.29 bits per heavy atom. The van der Waals surface area contributed by atoms with Crippen LogP contribution in [0.2, 0.25) is 0 Å². The summed E-state index contributed by atoms with van der Waals surface area (Å²) >= 11 is 0. The first kappa shape index (κ1) is 11.7. The molecule has 1 heterocycles. The van der Waals surface area contributed by atoms with Crippen molar-refractivity contribution in [1.82, 2.24) is 10.2 Å². The van der Waals surface area contributed by atoms with Crippen molar-refractivity contribution in [3.05, 3.63) is 12.7 Å². The minimum Gasteiger partial charge on any atom is -0.379 e. The van der Waals surface area contributed by atoms with Crippen LogP contribution in [0.4, 0.5) is 0 Å². The third-order valence-corrected chi connectivity index (χ3v) is 2.46. The van der Waals surface area contributed by atoms with E-state index in [0.717, 1.165) is 45.8 Å². The summed E-state index contributed by atoms with van der Waals surface area (Å²) in [4.78, 5) is 2.47. The predicted molar refractivity (Wildman–Crippen MR) is 59.6 cm³/mol. The van der Waals surface area contributed by atoms with Gasteiger partial charge in [-0.3, -0.25) is 4.90 Å². The van der Waals surface area contributed by atoms with Crippen molar-refractivity contribution in [2.75, 3.05) is 45.9 Å². The molecule has 0 spiro atoms. The Labute approximate surface area is 87.1 Å². The Bertz CT molecular complexity index is 144. The number of hydrogen-bond donors (Lipinski definition) is 1. The summed E-state index contributed by atoms with van der Waals surface area (Å²) in [6, 6.07) is 0. The topological polar surface area (TPSA) is 24.5 Å². The fraction of sp³-hybridized carbons (Fsp3) is 0.818. The van der Waals surface area contributed by atoms with Gasteiger partial charge < -0.3 is 10.1 Å². The lowest BCUT2D eigenvalue weighted by molar-refractivity contribution is 0.0375. The third-order valence-electron chi connectivity index (χ3n) is 2.46. The Morgan fingerprint density at radius 3 is 2.79 bits per heavy atom. The number of rotatable bonds is 7. The van der Waals surface area contributed by atoms with Crippen LogP contribution in [0, 0.1) is 0 Å². The monoisotopic (exact) mass is 198 g/mol. The zero-order valence-electron chi connectivity index (χ0n) is 9.00. The molecule has 0 aromatic heterocycles. The normalized spacial score (nSPS) is 18.3. The van der Waals surface area contributed by atoms with Crippen molar-refractivity contribution in [3.8, 4) is 0 Å². The zero-order valence-corrected chi connectivity index (χ0v) is 9.00. The highest BCUT2D eigenvalue weighted by Crippen LogP contribution is 1.97. The predicted octanol–water partition coefficient (Wildman–Crippen LogP) is 0.874. The first-order valence-electron chi connectivity index (χ1n) is 5.55. The molecule has 3 heteroatoms. The van der Waals surface area contributed by atoms with E-state index < -0.39 is 0 Å².